The maximum Gasteiger partial charge on any atom is 0.0895 e. The van der Waals surface area contributed by atoms with Gasteiger partial charge in [-0.15, -0.1) is 0 Å². The minimum absolute atomic E-state index is 0.164. The highest BCUT2D eigenvalue weighted by Crippen LogP contribution is 2.33. The molecule has 6 heteroatoms. The van der Waals surface area contributed by atoms with E-state index in [9.17, 15) is 0 Å². The molecule has 1 N–H and O–H groups in total. The molecule has 1 saturated heterocycles. The Kier molecular flexibility index (Phi) is 4.36. The number of aromatic nitrogens is 4. The van der Waals surface area contributed by atoms with Crippen molar-refractivity contribution in [1.29, 1.82) is 0 Å². The van der Waals surface area contributed by atoms with Gasteiger partial charge in [-0.3, -0.25) is 9.78 Å². The number of ether oxygens (including phenoxy) is 1. The summed E-state index contributed by atoms with van der Waals surface area (Å²) in [5.41, 5.74) is 2.34. The molecule has 1 aliphatic rings. The molecule has 3 rings (SSSR count). The summed E-state index contributed by atoms with van der Waals surface area (Å²) in [6.07, 6.45) is 8.30. The third-order valence-electron chi connectivity index (χ3n) is 4.04. The van der Waals surface area contributed by atoms with Crippen LogP contribution in [0.5, 0.6) is 0 Å². The molecule has 0 spiro atoms. The second-order valence-electron chi connectivity index (χ2n) is 5.92. The standard InChI is InChI=1S/C15H23N5O/c1-19(11-14-5-6-16-18-14)9-12-4-3-7-21-15(12)13-8-17-20(2)10-13/h5-6,8,10,12,15H,3-4,7,9,11H2,1-2H3,(H,16,18)/t12-,15+/m0/s1. The normalized spacial score (nSPS) is 22.8. The van der Waals surface area contributed by atoms with Crippen LogP contribution < -0.4 is 0 Å². The van der Waals surface area contributed by atoms with Crippen molar-refractivity contribution in [3.05, 3.63) is 35.9 Å². The zero-order valence-corrected chi connectivity index (χ0v) is 12.7. The highest BCUT2D eigenvalue weighted by Gasteiger charge is 2.29. The van der Waals surface area contributed by atoms with Gasteiger partial charge in [0.2, 0.25) is 0 Å². The van der Waals surface area contributed by atoms with Gasteiger partial charge in [0.1, 0.15) is 0 Å². The second kappa shape index (κ2) is 6.41. The molecule has 0 bridgehead atoms. The van der Waals surface area contributed by atoms with Gasteiger partial charge in [-0.1, -0.05) is 0 Å². The number of hydrogen-bond acceptors (Lipinski definition) is 4. The van der Waals surface area contributed by atoms with Crippen LogP contribution >= 0.6 is 0 Å². The quantitative estimate of drug-likeness (QED) is 0.911. The first kappa shape index (κ1) is 14.3. The second-order valence-corrected chi connectivity index (χ2v) is 5.92. The molecule has 0 aromatic carbocycles. The number of aryl methyl sites for hydroxylation is 1. The zero-order chi connectivity index (χ0) is 14.7. The smallest absolute Gasteiger partial charge is 0.0895 e. The molecule has 0 saturated carbocycles. The fraction of sp³-hybridized carbons (Fsp3) is 0.600. The number of rotatable bonds is 5. The zero-order valence-electron chi connectivity index (χ0n) is 12.7. The Hall–Kier alpha value is -1.66. The van der Waals surface area contributed by atoms with E-state index in [4.69, 9.17) is 4.74 Å². The van der Waals surface area contributed by atoms with Crippen LogP contribution in [0.1, 0.15) is 30.2 Å². The molecule has 0 radical (unpaired) electrons. The van der Waals surface area contributed by atoms with Gasteiger partial charge >= 0.3 is 0 Å². The predicted molar refractivity (Wildman–Crippen MR) is 79.5 cm³/mol. The largest absolute Gasteiger partial charge is 0.373 e. The number of H-pyrrole nitrogens is 1. The molecule has 2 aromatic heterocycles. The van der Waals surface area contributed by atoms with Gasteiger partial charge in [0.15, 0.2) is 0 Å². The van der Waals surface area contributed by atoms with Gasteiger partial charge in [-0.05, 0) is 26.0 Å². The van der Waals surface area contributed by atoms with E-state index in [0.717, 1.165) is 31.8 Å². The van der Waals surface area contributed by atoms with Crippen LogP contribution in [0.2, 0.25) is 0 Å². The van der Waals surface area contributed by atoms with Crippen LogP contribution in [0, 0.1) is 5.92 Å². The number of hydrogen-bond donors (Lipinski definition) is 1. The van der Waals surface area contributed by atoms with Crippen molar-refractivity contribution < 1.29 is 4.74 Å². The van der Waals surface area contributed by atoms with Crippen molar-refractivity contribution >= 4 is 0 Å². The third kappa shape index (κ3) is 3.51. The van der Waals surface area contributed by atoms with Crippen LogP contribution in [-0.2, 0) is 18.3 Å². The van der Waals surface area contributed by atoms with E-state index in [1.54, 1.807) is 6.20 Å². The number of nitrogens with one attached hydrogen (secondary N) is 1. The molecule has 6 nitrogen and oxygen atoms in total. The molecule has 0 aliphatic carbocycles. The lowest BCUT2D eigenvalue weighted by Crippen LogP contribution is -2.33. The van der Waals surface area contributed by atoms with E-state index in [1.165, 1.54) is 12.0 Å². The van der Waals surface area contributed by atoms with Gasteiger partial charge in [-0.25, -0.2) is 0 Å². The summed E-state index contributed by atoms with van der Waals surface area (Å²) in [5.74, 6) is 0.510. The Bertz CT molecular complexity index is 550. The molecule has 0 unspecified atom stereocenters. The molecule has 2 atom stereocenters. The van der Waals surface area contributed by atoms with E-state index < -0.39 is 0 Å². The maximum absolute atomic E-state index is 6.03. The van der Waals surface area contributed by atoms with Gasteiger partial charge in [0.25, 0.3) is 0 Å². The summed E-state index contributed by atoms with van der Waals surface area (Å²) in [7, 11) is 4.10. The van der Waals surface area contributed by atoms with Crippen molar-refractivity contribution in [2.24, 2.45) is 13.0 Å². The topological polar surface area (TPSA) is 59.0 Å². The Labute approximate surface area is 125 Å². The van der Waals surface area contributed by atoms with Gasteiger partial charge in [0, 0.05) is 56.3 Å². The molecule has 114 valence electrons. The molecule has 1 aliphatic heterocycles. The van der Waals surface area contributed by atoms with Gasteiger partial charge < -0.3 is 9.64 Å². The fourth-order valence-electron chi connectivity index (χ4n) is 3.11. The van der Waals surface area contributed by atoms with Crippen molar-refractivity contribution in [3.8, 4) is 0 Å². The monoisotopic (exact) mass is 289 g/mol. The Morgan fingerprint density at radius 3 is 3.14 bits per heavy atom. The summed E-state index contributed by atoms with van der Waals surface area (Å²) < 4.78 is 7.87. The number of nitrogens with zero attached hydrogens (tertiary/aromatic N) is 4. The van der Waals surface area contributed by atoms with Crippen LogP contribution in [0.4, 0.5) is 0 Å². The third-order valence-corrected chi connectivity index (χ3v) is 4.04. The first-order valence-corrected chi connectivity index (χ1v) is 7.49. The van der Waals surface area contributed by atoms with Gasteiger partial charge in [-0.2, -0.15) is 10.2 Å². The Balaban J connectivity index is 1.64. The molecular weight excluding hydrogens is 266 g/mol. The SMILES string of the molecule is CN(Cc1ccn[nH]1)C[C@@H]1CCCO[C@H]1c1cnn(C)c1. The van der Waals surface area contributed by atoms with E-state index in [1.807, 2.05) is 24.0 Å². The number of aromatic amines is 1. The van der Waals surface area contributed by atoms with E-state index in [2.05, 4.69) is 33.4 Å². The van der Waals surface area contributed by atoms with Crippen LogP contribution in [-0.4, -0.2) is 45.1 Å². The molecule has 1 fully saturated rings. The van der Waals surface area contributed by atoms with Crippen LogP contribution in [0.3, 0.4) is 0 Å². The van der Waals surface area contributed by atoms with Crippen LogP contribution in [0.25, 0.3) is 0 Å². The summed E-state index contributed by atoms with van der Waals surface area (Å²) in [4.78, 5) is 2.33. The Morgan fingerprint density at radius 2 is 2.43 bits per heavy atom. The maximum atomic E-state index is 6.03. The highest BCUT2D eigenvalue weighted by molar-refractivity contribution is 5.10. The molecule has 3 heterocycles. The summed E-state index contributed by atoms with van der Waals surface area (Å²) >= 11 is 0. The van der Waals surface area contributed by atoms with Crippen molar-refractivity contribution in [2.45, 2.75) is 25.5 Å². The van der Waals surface area contributed by atoms with Crippen molar-refractivity contribution in [3.63, 3.8) is 0 Å². The lowest BCUT2D eigenvalue weighted by molar-refractivity contribution is -0.0377. The fourth-order valence-corrected chi connectivity index (χ4v) is 3.11. The average molecular weight is 289 g/mol. The predicted octanol–water partition coefficient (Wildman–Crippen LogP) is 1.74. The summed E-state index contributed by atoms with van der Waals surface area (Å²) in [6.45, 7) is 2.75. The van der Waals surface area contributed by atoms with E-state index in [0.29, 0.717) is 5.92 Å². The van der Waals surface area contributed by atoms with Crippen LogP contribution in [0.15, 0.2) is 24.7 Å². The first-order chi connectivity index (χ1) is 10.2. The highest BCUT2D eigenvalue weighted by atomic mass is 16.5. The van der Waals surface area contributed by atoms with Crippen molar-refractivity contribution in [1.82, 2.24) is 24.9 Å². The van der Waals surface area contributed by atoms with Gasteiger partial charge in [0.05, 0.1) is 12.3 Å². The first-order valence-electron chi connectivity index (χ1n) is 7.49. The lowest BCUT2D eigenvalue weighted by Gasteiger charge is -2.33. The summed E-state index contributed by atoms with van der Waals surface area (Å²) in [5, 5.41) is 11.3. The van der Waals surface area contributed by atoms with E-state index in [-0.39, 0.29) is 6.10 Å². The molecule has 21 heavy (non-hydrogen) atoms. The minimum Gasteiger partial charge on any atom is -0.373 e. The lowest BCUT2D eigenvalue weighted by atomic mass is 9.90. The molecular formula is C15H23N5O. The minimum atomic E-state index is 0.164. The Morgan fingerprint density at radius 1 is 1.52 bits per heavy atom. The average Bonchev–Trinajstić information content (AvgIpc) is 3.11. The molecule has 0 amide bonds. The van der Waals surface area contributed by atoms with E-state index >= 15 is 0 Å². The summed E-state index contributed by atoms with van der Waals surface area (Å²) in [6, 6.07) is 2.02. The molecule has 2 aromatic rings. The van der Waals surface area contributed by atoms with Crippen molar-refractivity contribution in [2.75, 3.05) is 20.2 Å².